The second-order valence-corrected chi connectivity index (χ2v) is 3.04. The Morgan fingerprint density at radius 1 is 1.53 bits per heavy atom. The van der Waals surface area contributed by atoms with Gasteiger partial charge in [-0.2, -0.15) is 0 Å². The van der Waals surface area contributed by atoms with Crippen LogP contribution in [0.3, 0.4) is 0 Å². The average molecular weight is 199 g/mol. The molecular formula is C11H9N3O. The highest BCUT2D eigenvalue weighted by Gasteiger charge is 1.98. The van der Waals surface area contributed by atoms with Gasteiger partial charge in [0.15, 0.2) is 0 Å². The number of pyridine rings is 1. The monoisotopic (exact) mass is 199 g/mol. The number of amides is 1. The highest BCUT2D eigenvalue weighted by Crippen LogP contribution is 2.13. The number of fused-ring (bicyclic) bond motifs is 1. The van der Waals surface area contributed by atoms with Crippen LogP contribution in [-0.2, 0) is 4.79 Å². The largest absolute Gasteiger partial charge is 0.369 e. The van der Waals surface area contributed by atoms with E-state index in [4.69, 9.17) is 5.73 Å². The molecule has 1 amide bonds. The number of primary amides is 1. The summed E-state index contributed by atoms with van der Waals surface area (Å²) in [4.78, 5) is 17.6. The van der Waals surface area contributed by atoms with Crippen LogP contribution >= 0.6 is 0 Å². The maximum atomic E-state index is 10.5. The topological polar surface area (TPSA) is 71.8 Å². The molecule has 0 saturated carbocycles. The minimum Gasteiger partial charge on any atom is -0.369 e. The summed E-state index contributed by atoms with van der Waals surface area (Å²) in [5.41, 5.74) is 6.63. The molecule has 0 unspecified atom stereocenters. The van der Waals surface area contributed by atoms with Gasteiger partial charge in [-0.25, -0.2) is 4.98 Å². The van der Waals surface area contributed by atoms with Crippen LogP contribution in [0, 0.1) is 11.8 Å². The zero-order valence-electron chi connectivity index (χ0n) is 7.95. The van der Waals surface area contributed by atoms with E-state index < -0.39 is 5.91 Å². The predicted octanol–water partition coefficient (Wildman–Crippen LogP) is 0.790. The molecule has 15 heavy (non-hydrogen) atoms. The van der Waals surface area contributed by atoms with Gasteiger partial charge in [0, 0.05) is 23.3 Å². The lowest BCUT2D eigenvalue weighted by molar-refractivity contribution is -0.117. The van der Waals surface area contributed by atoms with Crippen molar-refractivity contribution in [1.82, 2.24) is 9.97 Å². The van der Waals surface area contributed by atoms with Crippen molar-refractivity contribution in [3.63, 3.8) is 0 Å². The van der Waals surface area contributed by atoms with E-state index in [1.165, 1.54) is 0 Å². The molecule has 0 fully saturated rings. The smallest absolute Gasteiger partial charge is 0.229 e. The fourth-order valence-corrected chi connectivity index (χ4v) is 1.30. The molecule has 0 aliphatic heterocycles. The van der Waals surface area contributed by atoms with Gasteiger partial charge in [-0.1, -0.05) is 11.8 Å². The molecule has 0 aliphatic carbocycles. The molecule has 2 heterocycles. The normalized spacial score (nSPS) is 9.60. The van der Waals surface area contributed by atoms with E-state index in [-0.39, 0.29) is 6.42 Å². The number of H-pyrrole nitrogens is 1. The third-order valence-electron chi connectivity index (χ3n) is 1.95. The summed E-state index contributed by atoms with van der Waals surface area (Å²) in [7, 11) is 0. The number of carbonyl (C=O) groups is 1. The molecule has 4 heteroatoms. The van der Waals surface area contributed by atoms with Crippen LogP contribution in [0.2, 0.25) is 0 Å². The van der Waals surface area contributed by atoms with E-state index in [9.17, 15) is 4.79 Å². The molecule has 0 radical (unpaired) electrons. The first kappa shape index (κ1) is 9.28. The van der Waals surface area contributed by atoms with Gasteiger partial charge < -0.3 is 10.7 Å². The van der Waals surface area contributed by atoms with Crippen LogP contribution < -0.4 is 5.73 Å². The molecule has 4 nitrogen and oxygen atoms in total. The van der Waals surface area contributed by atoms with E-state index in [1.54, 1.807) is 12.4 Å². The van der Waals surface area contributed by atoms with Crippen molar-refractivity contribution in [3.8, 4) is 11.8 Å². The lowest BCUT2D eigenvalue weighted by atomic mass is 10.2. The molecule has 0 aliphatic rings. The summed E-state index contributed by atoms with van der Waals surface area (Å²) in [6, 6.07) is 3.71. The number of aromatic nitrogens is 2. The Morgan fingerprint density at radius 2 is 2.40 bits per heavy atom. The number of rotatable bonds is 1. The zero-order chi connectivity index (χ0) is 10.7. The quantitative estimate of drug-likeness (QED) is 0.666. The van der Waals surface area contributed by atoms with Crippen LogP contribution in [0.4, 0.5) is 0 Å². The molecule has 2 aromatic rings. The predicted molar refractivity (Wildman–Crippen MR) is 56.8 cm³/mol. The SMILES string of the molecule is NC(=O)CC#Cc1ccnc2[nH]ccc12. The minimum absolute atomic E-state index is 0.0776. The van der Waals surface area contributed by atoms with Crippen molar-refractivity contribution in [3.05, 3.63) is 30.1 Å². The van der Waals surface area contributed by atoms with E-state index in [2.05, 4.69) is 21.8 Å². The first-order valence-corrected chi connectivity index (χ1v) is 4.46. The Kier molecular flexibility index (Phi) is 2.38. The lowest BCUT2D eigenvalue weighted by Crippen LogP contribution is -2.08. The van der Waals surface area contributed by atoms with Crippen molar-refractivity contribution in [1.29, 1.82) is 0 Å². The molecule has 3 N–H and O–H groups in total. The van der Waals surface area contributed by atoms with Gasteiger partial charge in [-0.3, -0.25) is 4.79 Å². The van der Waals surface area contributed by atoms with Crippen molar-refractivity contribution >= 4 is 16.9 Å². The minimum atomic E-state index is -0.415. The number of nitrogens with zero attached hydrogens (tertiary/aromatic N) is 1. The van der Waals surface area contributed by atoms with Crippen molar-refractivity contribution in [2.24, 2.45) is 5.73 Å². The van der Waals surface area contributed by atoms with Crippen LogP contribution in [0.15, 0.2) is 24.5 Å². The van der Waals surface area contributed by atoms with Gasteiger partial charge in [0.2, 0.25) is 5.91 Å². The van der Waals surface area contributed by atoms with Crippen molar-refractivity contribution in [2.75, 3.05) is 0 Å². The molecule has 0 atom stereocenters. The summed E-state index contributed by atoms with van der Waals surface area (Å²) in [5.74, 6) is 5.20. The number of hydrogen-bond donors (Lipinski definition) is 2. The fraction of sp³-hybridized carbons (Fsp3) is 0.0909. The van der Waals surface area contributed by atoms with Gasteiger partial charge in [0.1, 0.15) is 5.65 Å². The summed E-state index contributed by atoms with van der Waals surface area (Å²) >= 11 is 0. The third-order valence-corrected chi connectivity index (χ3v) is 1.95. The summed E-state index contributed by atoms with van der Waals surface area (Å²) < 4.78 is 0. The van der Waals surface area contributed by atoms with E-state index in [1.807, 2.05) is 12.1 Å². The lowest BCUT2D eigenvalue weighted by Gasteiger charge is -1.92. The number of carbonyl (C=O) groups excluding carboxylic acids is 1. The van der Waals surface area contributed by atoms with Crippen LogP contribution in [-0.4, -0.2) is 15.9 Å². The van der Waals surface area contributed by atoms with Crippen molar-refractivity contribution < 1.29 is 4.79 Å². The van der Waals surface area contributed by atoms with Gasteiger partial charge >= 0.3 is 0 Å². The van der Waals surface area contributed by atoms with Crippen molar-refractivity contribution in [2.45, 2.75) is 6.42 Å². The maximum absolute atomic E-state index is 10.5. The van der Waals surface area contributed by atoms with Crippen LogP contribution in [0.5, 0.6) is 0 Å². The molecule has 0 spiro atoms. The highest BCUT2D eigenvalue weighted by atomic mass is 16.1. The van der Waals surface area contributed by atoms with E-state index >= 15 is 0 Å². The number of hydrogen-bond acceptors (Lipinski definition) is 2. The number of nitrogens with one attached hydrogen (secondary N) is 1. The molecule has 2 rings (SSSR count). The molecular weight excluding hydrogens is 190 g/mol. The van der Waals surface area contributed by atoms with Gasteiger partial charge in [-0.05, 0) is 12.1 Å². The Hall–Kier alpha value is -2.28. The first-order chi connectivity index (χ1) is 7.27. The maximum Gasteiger partial charge on any atom is 0.229 e. The summed E-state index contributed by atoms with van der Waals surface area (Å²) in [5, 5.41) is 0.953. The zero-order valence-corrected chi connectivity index (χ0v) is 7.95. The van der Waals surface area contributed by atoms with E-state index in [0.29, 0.717) is 0 Å². The highest BCUT2D eigenvalue weighted by molar-refractivity contribution is 5.83. The van der Waals surface area contributed by atoms with Crippen LogP contribution in [0.1, 0.15) is 12.0 Å². The molecule has 2 aromatic heterocycles. The summed E-state index contributed by atoms with van der Waals surface area (Å²) in [6.07, 6.45) is 3.55. The first-order valence-electron chi connectivity index (χ1n) is 4.46. The molecule has 0 saturated heterocycles. The van der Waals surface area contributed by atoms with Crippen LogP contribution in [0.25, 0.3) is 11.0 Å². The summed E-state index contributed by atoms with van der Waals surface area (Å²) in [6.45, 7) is 0. The Balaban J connectivity index is 2.37. The van der Waals surface area contributed by atoms with Gasteiger partial charge in [-0.15, -0.1) is 0 Å². The van der Waals surface area contributed by atoms with Gasteiger partial charge in [0.05, 0.1) is 6.42 Å². The average Bonchev–Trinajstić information content (AvgIpc) is 2.65. The number of nitrogens with two attached hydrogens (primary N) is 1. The number of aromatic amines is 1. The molecule has 0 bridgehead atoms. The Morgan fingerprint density at radius 3 is 3.20 bits per heavy atom. The Labute approximate surface area is 86.5 Å². The third kappa shape index (κ3) is 1.97. The van der Waals surface area contributed by atoms with Gasteiger partial charge in [0.25, 0.3) is 0 Å². The molecule has 0 aromatic carbocycles. The molecule has 74 valence electrons. The Bertz CT molecular complexity index is 560. The second-order valence-electron chi connectivity index (χ2n) is 3.04. The van der Waals surface area contributed by atoms with E-state index in [0.717, 1.165) is 16.6 Å². The second kappa shape index (κ2) is 3.84. The fourth-order valence-electron chi connectivity index (χ4n) is 1.30. The standard InChI is InChI=1S/C11H9N3O/c12-10(15)3-1-2-8-4-6-13-11-9(8)5-7-14-11/h4-7H,3H2,(H2,12,15)(H,13,14).